The molecule has 130 valence electrons. The second kappa shape index (κ2) is 7.01. The van der Waals surface area contributed by atoms with Crippen molar-refractivity contribution in [2.75, 3.05) is 18.0 Å². The number of imidazole rings is 1. The Bertz CT molecular complexity index is 931. The maximum Gasteiger partial charge on any atom is 0.101 e. The van der Waals surface area contributed by atoms with Gasteiger partial charge in [0.25, 0.3) is 0 Å². The van der Waals surface area contributed by atoms with Gasteiger partial charge in [0.15, 0.2) is 0 Å². The van der Waals surface area contributed by atoms with Crippen LogP contribution in [-0.2, 0) is 7.05 Å². The highest BCUT2D eigenvalue weighted by atomic mass is 15.1. The SMILES string of the molecule is Cn1cncc1C1CCN(c2c(C#N)cccc2-c2cccnc2)CC1. The highest BCUT2D eigenvalue weighted by Crippen LogP contribution is 2.37. The van der Waals surface area contributed by atoms with E-state index in [-0.39, 0.29) is 0 Å². The lowest BCUT2D eigenvalue weighted by Crippen LogP contribution is -2.34. The summed E-state index contributed by atoms with van der Waals surface area (Å²) in [6, 6.07) is 12.3. The summed E-state index contributed by atoms with van der Waals surface area (Å²) in [5.74, 6) is 0.523. The van der Waals surface area contributed by atoms with Crippen molar-refractivity contribution >= 4 is 5.69 Å². The van der Waals surface area contributed by atoms with E-state index in [1.807, 2.05) is 36.9 Å². The Kier molecular flexibility index (Phi) is 4.40. The number of hydrogen-bond acceptors (Lipinski definition) is 4. The van der Waals surface area contributed by atoms with Gasteiger partial charge >= 0.3 is 0 Å². The van der Waals surface area contributed by atoms with Gasteiger partial charge in [-0.1, -0.05) is 18.2 Å². The van der Waals surface area contributed by atoms with E-state index in [0.29, 0.717) is 5.92 Å². The van der Waals surface area contributed by atoms with Crippen molar-refractivity contribution in [3.63, 3.8) is 0 Å². The van der Waals surface area contributed by atoms with Crippen molar-refractivity contribution in [1.29, 1.82) is 5.26 Å². The lowest BCUT2D eigenvalue weighted by Gasteiger charge is -2.35. The molecule has 0 unspecified atom stereocenters. The van der Waals surface area contributed by atoms with Crippen LogP contribution in [0.5, 0.6) is 0 Å². The molecule has 1 aromatic carbocycles. The first-order chi connectivity index (χ1) is 12.8. The molecule has 0 atom stereocenters. The second-order valence-electron chi connectivity index (χ2n) is 6.75. The number of nitrogens with zero attached hydrogens (tertiary/aromatic N) is 5. The van der Waals surface area contributed by atoms with Crippen molar-refractivity contribution in [3.8, 4) is 17.2 Å². The number of aryl methyl sites for hydroxylation is 1. The van der Waals surface area contributed by atoms with Gasteiger partial charge in [0, 0.05) is 61.5 Å². The summed E-state index contributed by atoms with van der Waals surface area (Å²) in [4.78, 5) is 10.9. The number of rotatable bonds is 3. The molecular formula is C21H21N5. The maximum absolute atomic E-state index is 9.66. The molecule has 5 nitrogen and oxygen atoms in total. The number of aromatic nitrogens is 3. The molecule has 0 amide bonds. The molecule has 0 bridgehead atoms. The van der Waals surface area contributed by atoms with Gasteiger partial charge in [0.05, 0.1) is 17.6 Å². The minimum Gasteiger partial charge on any atom is -0.370 e. The van der Waals surface area contributed by atoms with Crippen LogP contribution in [0.15, 0.2) is 55.2 Å². The highest BCUT2D eigenvalue weighted by molar-refractivity contribution is 5.82. The summed E-state index contributed by atoms with van der Waals surface area (Å²) in [5.41, 5.74) is 5.19. The van der Waals surface area contributed by atoms with Crippen LogP contribution in [0.2, 0.25) is 0 Å². The molecule has 0 saturated carbocycles. The third kappa shape index (κ3) is 2.95. The number of anilines is 1. The summed E-state index contributed by atoms with van der Waals surface area (Å²) in [6.07, 6.45) is 9.61. The van der Waals surface area contributed by atoms with Gasteiger partial charge in [0.2, 0.25) is 0 Å². The van der Waals surface area contributed by atoms with Gasteiger partial charge in [0.1, 0.15) is 6.07 Å². The zero-order valence-electron chi connectivity index (χ0n) is 14.8. The lowest BCUT2D eigenvalue weighted by molar-refractivity contribution is 0.486. The van der Waals surface area contributed by atoms with Crippen molar-refractivity contribution in [1.82, 2.24) is 14.5 Å². The summed E-state index contributed by atoms with van der Waals surface area (Å²) in [6.45, 7) is 1.86. The average molecular weight is 343 g/mol. The van der Waals surface area contributed by atoms with Crippen LogP contribution in [-0.4, -0.2) is 27.6 Å². The fraction of sp³-hybridized carbons (Fsp3) is 0.286. The standard InChI is InChI=1S/C21H21N5/c1-25-15-24-14-20(25)16-7-10-26(11-8-16)21-17(12-22)4-2-6-19(21)18-5-3-9-23-13-18/h2-6,9,13-16H,7-8,10-11H2,1H3. The van der Waals surface area contributed by atoms with E-state index in [9.17, 15) is 5.26 Å². The van der Waals surface area contributed by atoms with Crippen LogP contribution in [0.25, 0.3) is 11.1 Å². The minimum absolute atomic E-state index is 0.523. The predicted octanol–water partition coefficient (Wildman–Crippen LogP) is 3.74. The van der Waals surface area contributed by atoms with Gasteiger partial charge < -0.3 is 9.47 Å². The quantitative estimate of drug-likeness (QED) is 0.727. The summed E-state index contributed by atoms with van der Waals surface area (Å²) in [7, 11) is 2.06. The Morgan fingerprint density at radius 2 is 1.92 bits per heavy atom. The number of hydrogen-bond donors (Lipinski definition) is 0. The molecule has 3 heterocycles. The third-order valence-electron chi connectivity index (χ3n) is 5.21. The van der Waals surface area contributed by atoms with Crippen LogP contribution in [0.3, 0.4) is 0 Å². The van der Waals surface area contributed by atoms with E-state index in [1.54, 1.807) is 6.20 Å². The van der Waals surface area contributed by atoms with Gasteiger partial charge in [-0.25, -0.2) is 4.98 Å². The molecule has 0 N–H and O–H groups in total. The number of nitriles is 1. The molecule has 2 aromatic heterocycles. The Morgan fingerprint density at radius 1 is 1.08 bits per heavy atom. The first-order valence-corrected chi connectivity index (χ1v) is 8.92. The molecule has 0 radical (unpaired) electrons. The van der Waals surface area contributed by atoms with E-state index in [4.69, 9.17) is 0 Å². The molecule has 4 rings (SSSR count). The van der Waals surface area contributed by atoms with Crippen LogP contribution >= 0.6 is 0 Å². The predicted molar refractivity (Wildman–Crippen MR) is 102 cm³/mol. The number of piperidine rings is 1. The minimum atomic E-state index is 0.523. The van der Waals surface area contributed by atoms with Gasteiger partial charge in [-0.15, -0.1) is 0 Å². The molecule has 1 aliphatic rings. The van der Waals surface area contributed by atoms with Crippen LogP contribution in [0, 0.1) is 11.3 Å². The number of pyridine rings is 1. The fourth-order valence-electron chi connectivity index (χ4n) is 3.89. The molecule has 1 fully saturated rings. The number of benzene rings is 1. The summed E-state index contributed by atoms with van der Waals surface area (Å²) < 4.78 is 2.12. The average Bonchev–Trinajstić information content (AvgIpc) is 3.14. The van der Waals surface area contributed by atoms with Crippen molar-refractivity contribution in [2.45, 2.75) is 18.8 Å². The summed E-state index contributed by atoms with van der Waals surface area (Å²) >= 11 is 0. The molecule has 5 heteroatoms. The highest BCUT2D eigenvalue weighted by Gasteiger charge is 2.25. The Labute approximate surface area is 153 Å². The smallest absolute Gasteiger partial charge is 0.101 e. The van der Waals surface area contributed by atoms with Crippen molar-refractivity contribution in [2.24, 2.45) is 7.05 Å². The normalized spacial score (nSPS) is 15.0. The molecule has 26 heavy (non-hydrogen) atoms. The van der Waals surface area contributed by atoms with Gasteiger partial charge in [-0.2, -0.15) is 5.26 Å². The molecule has 0 aliphatic carbocycles. The van der Waals surface area contributed by atoms with Crippen LogP contribution < -0.4 is 4.90 Å². The van der Waals surface area contributed by atoms with E-state index >= 15 is 0 Å². The molecule has 1 saturated heterocycles. The largest absolute Gasteiger partial charge is 0.370 e. The first kappa shape index (κ1) is 16.3. The van der Waals surface area contributed by atoms with Crippen LogP contribution in [0.1, 0.15) is 30.0 Å². The van der Waals surface area contributed by atoms with E-state index in [2.05, 4.69) is 44.7 Å². The fourth-order valence-corrected chi connectivity index (χ4v) is 3.89. The van der Waals surface area contributed by atoms with Crippen molar-refractivity contribution in [3.05, 3.63) is 66.5 Å². The Morgan fingerprint density at radius 3 is 2.58 bits per heavy atom. The molecule has 0 spiro atoms. The zero-order chi connectivity index (χ0) is 17.9. The topological polar surface area (TPSA) is 57.7 Å². The van der Waals surface area contributed by atoms with Crippen LogP contribution in [0.4, 0.5) is 5.69 Å². The maximum atomic E-state index is 9.66. The monoisotopic (exact) mass is 343 g/mol. The Hall–Kier alpha value is -3.13. The van der Waals surface area contributed by atoms with Gasteiger partial charge in [-0.3, -0.25) is 4.98 Å². The molecular weight excluding hydrogens is 322 g/mol. The lowest BCUT2D eigenvalue weighted by atomic mass is 9.92. The van der Waals surface area contributed by atoms with E-state index < -0.39 is 0 Å². The van der Waals surface area contributed by atoms with E-state index in [1.165, 1.54) is 5.69 Å². The molecule has 3 aromatic rings. The zero-order valence-corrected chi connectivity index (χ0v) is 14.8. The summed E-state index contributed by atoms with van der Waals surface area (Å²) in [5, 5.41) is 9.66. The number of para-hydroxylation sites is 1. The van der Waals surface area contributed by atoms with Crippen molar-refractivity contribution < 1.29 is 0 Å². The second-order valence-corrected chi connectivity index (χ2v) is 6.75. The van der Waals surface area contributed by atoms with E-state index in [0.717, 1.165) is 48.3 Å². The molecule has 1 aliphatic heterocycles. The first-order valence-electron chi connectivity index (χ1n) is 8.92. The van der Waals surface area contributed by atoms with Gasteiger partial charge in [-0.05, 0) is 25.0 Å². The Balaban J connectivity index is 1.64. The third-order valence-corrected chi connectivity index (χ3v) is 5.21.